The first-order valence-electron chi connectivity index (χ1n) is 10.5. The van der Waals surface area contributed by atoms with Crippen LogP contribution in [0.5, 0.6) is 5.88 Å². The van der Waals surface area contributed by atoms with E-state index in [0.717, 1.165) is 17.0 Å². The summed E-state index contributed by atoms with van der Waals surface area (Å²) in [5.74, 6) is -4.85. The van der Waals surface area contributed by atoms with Gasteiger partial charge < -0.3 is 15.4 Å². The minimum atomic E-state index is -4.57. The Balaban J connectivity index is 1.88. The normalized spacial score (nSPS) is 21.1. The van der Waals surface area contributed by atoms with E-state index in [1.165, 1.54) is 32.6 Å². The van der Waals surface area contributed by atoms with E-state index in [1.807, 2.05) is 0 Å². The first kappa shape index (κ1) is 26.0. The van der Waals surface area contributed by atoms with E-state index < -0.39 is 48.5 Å². The molecule has 0 aliphatic carbocycles. The maximum Gasteiger partial charge on any atom is 0.417 e. The van der Waals surface area contributed by atoms with Crippen molar-refractivity contribution in [3.63, 3.8) is 0 Å². The smallest absolute Gasteiger partial charge is 0.417 e. The minimum absolute atomic E-state index is 0.0590. The Morgan fingerprint density at radius 2 is 1.97 bits per heavy atom. The number of aliphatic imine (C=N–C) groups is 1. The number of nitrogens with zero attached hydrogens (tertiary/aromatic N) is 5. The van der Waals surface area contributed by atoms with Gasteiger partial charge in [-0.2, -0.15) is 13.2 Å². The number of aromatic nitrogens is 3. The molecule has 1 saturated heterocycles. The molecule has 0 spiro atoms. The first-order chi connectivity index (χ1) is 16.4. The van der Waals surface area contributed by atoms with Crippen molar-refractivity contribution < 1.29 is 31.5 Å². The van der Waals surface area contributed by atoms with Crippen molar-refractivity contribution >= 4 is 17.7 Å². The number of piperidine rings is 1. The Kier molecular flexibility index (Phi) is 7.66. The van der Waals surface area contributed by atoms with Crippen molar-refractivity contribution in [1.82, 2.24) is 19.9 Å². The highest BCUT2D eigenvalue weighted by Crippen LogP contribution is 2.35. The van der Waals surface area contributed by atoms with Crippen LogP contribution in [-0.4, -0.2) is 64.1 Å². The number of nitrogens with two attached hydrogens (primary N) is 1. The summed E-state index contributed by atoms with van der Waals surface area (Å²) in [6.07, 6.45) is -0.369. The second-order valence-corrected chi connectivity index (χ2v) is 8.02. The van der Waals surface area contributed by atoms with Gasteiger partial charge >= 0.3 is 6.18 Å². The maximum absolute atomic E-state index is 14.4. The van der Waals surface area contributed by atoms with Crippen LogP contribution in [0.2, 0.25) is 0 Å². The summed E-state index contributed by atoms with van der Waals surface area (Å²) in [5, 5.41) is 0. The average molecular weight is 498 g/mol. The Bertz CT molecular complexity index is 1090. The molecule has 3 rings (SSSR count). The zero-order valence-corrected chi connectivity index (χ0v) is 18.8. The third kappa shape index (κ3) is 6.28. The number of pyridine rings is 1. The number of alkyl halides is 5. The molecule has 3 heterocycles. The molecule has 2 N–H and O–H groups in total. The Morgan fingerprint density at radius 1 is 1.29 bits per heavy atom. The van der Waals surface area contributed by atoms with E-state index in [9.17, 15) is 26.7 Å². The van der Waals surface area contributed by atoms with Crippen LogP contribution in [0.1, 0.15) is 24.7 Å². The van der Waals surface area contributed by atoms with Gasteiger partial charge in [-0.05, 0) is 18.1 Å². The minimum Gasteiger partial charge on any atom is -0.475 e. The van der Waals surface area contributed by atoms with Crippen molar-refractivity contribution in [2.24, 2.45) is 16.6 Å². The number of ether oxygens (including phenoxy) is 1. The molecule has 2 aromatic rings. The molecule has 1 fully saturated rings. The van der Waals surface area contributed by atoms with Gasteiger partial charge in [-0.1, -0.05) is 6.92 Å². The van der Waals surface area contributed by atoms with E-state index in [4.69, 9.17) is 10.5 Å². The molecular weight excluding hydrogens is 475 g/mol. The molecule has 0 bridgehead atoms. The lowest BCUT2D eigenvalue weighted by Crippen LogP contribution is -2.58. The predicted octanol–water partition coefficient (Wildman–Crippen LogP) is 3.21. The van der Waals surface area contributed by atoms with Crippen LogP contribution in [0.15, 0.2) is 47.5 Å². The quantitative estimate of drug-likeness (QED) is 0.373. The van der Waals surface area contributed by atoms with Gasteiger partial charge in [0.1, 0.15) is 12.3 Å². The standard InChI is InChI=1S/C22H23F5N6O2/c1-13-8-21(23,24)12-33(16(13)11-35-17-5-4-14(9-32-17)22(25,26)27)20(34)18(28)15(10-29-2)19-30-6-3-7-31-19/h3-7,9-10,13,16H,8,11-12,28H2,1-2H3. The Labute approximate surface area is 197 Å². The predicted molar refractivity (Wildman–Crippen MR) is 117 cm³/mol. The van der Waals surface area contributed by atoms with E-state index in [-0.39, 0.29) is 29.6 Å². The number of allylic oxidation sites excluding steroid dienone is 1. The van der Waals surface area contributed by atoms with Crippen molar-refractivity contribution in [2.45, 2.75) is 31.5 Å². The topological polar surface area (TPSA) is 107 Å². The summed E-state index contributed by atoms with van der Waals surface area (Å²) >= 11 is 0. The average Bonchev–Trinajstić information content (AvgIpc) is 2.80. The highest BCUT2D eigenvalue weighted by molar-refractivity contribution is 6.17. The number of rotatable bonds is 6. The molecule has 188 valence electrons. The van der Waals surface area contributed by atoms with Crippen molar-refractivity contribution in [2.75, 3.05) is 20.2 Å². The second-order valence-electron chi connectivity index (χ2n) is 8.02. The lowest BCUT2D eigenvalue weighted by molar-refractivity contribution is -0.151. The summed E-state index contributed by atoms with van der Waals surface area (Å²) < 4.78 is 72.6. The van der Waals surface area contributed by atoms with E-state index >= 15 is 0 Å². The molecule has 2 unspecified atom stereocenters. The summed E-state index contributed by atoms with van der Waals surface area (Å²) in [5.41, 5.74) is 4.80. The fourth-order valence-corrected chi connectivity index (χ4v) is 3.71. The summed E-state index contributed by atoms with van der Waals surface area (Å²) in [6, 6.07) is 2.51. The largest absolute Gasteiger partial charge is 0.475 e. The van der Waals surface area contributed by atoms with E-state index in [2.05, 4.69) is 19.9 Å². The van der Waals surface area contributed by atoms with Gasteiger partial charge in [0.15, 0.2) is 5.82 Å². The number of carbonyl (C=O) groups excluding carboxylic acids is 1. The summed E-state index contributed by atoms with van der Waals surface area (Å²) in [4.78, 5) is 29.7. The third-order valence-corrected chi connectivity index (χ3v) is 5.39. The van der Waals surface area contributed by atoms with Crippen LogP contribution in [0.4, 0.5) is 22.0 Å². The van der Waals surface area contributed by atoms with Gasteiger partial charge in [0.25, 0.3) is 11.8 Å². The maximum atomic E-state index is 14.4. The van der Waals surface area contributed by atoms with Gasteiger partial charge in [0.05, 0.1) is 23.7 Å². The second kappa shape index (κ2) is 10.3. The number of hydrogen-bond acceptors (Lipinski definition) is 7. The molecule has 8 nitrogen and oxygen atoms in total. The fourth-order valence-electron chi connectivity index (χ4n) is 3.71. The molecule has 13 heteroatoms. The SMILES string of the molecule is CN=CC(=C(N)C(=O)N1CC(F)(F)CC(C)C1COc1ccc(C(F)(F)F)cn1)c1ncccn1. The highest BCUT2D eigenvalue weighted by atomic mass is 19.4. The van der Waals surface area contributed by atoms with E-state index in [1.54, 1.807) is 6.07 Å². The number of amides is 1. The molecule has 1 amide bonds. The number of halogens is 5. The van der Waals surface area contributed by atoms with Gasteiger partial charge in [-0.15, -0.1) is 0 Å². The summed E-state index contributed by atoms with van der Waals surface area (Å²) in [7, 11) is 1.44. The van der Waals surface area contributed by atoms with E-state index in [0.29, 0.717) is 6.20 Å². The summed E-state index contributed by atoms with van der Waals surface area (Å²) in [6.45, 7) is 0.321. The van der Waals surface area contributed by atoms with Gasteiger partial charge in [-0.25, -0.2) is 23.7 Å². The van der Waals surface area contributed by atoms with Crippen molar-refractivity contribution in [3.05, 3.63) is 53.9 Å². The number of likely N-dealkylation sites (tertiary alicyclic amines) is 1. The molecule has 2 atom stereocenters. The lowest BCUT2D eigenvalue weighted by atomic mass is 9.88. The Morgan fingerprint density at radius 3 is 2.54 bits per heavy atom. The van der Waals surface area contributed by atoms with Crippen LogP contribution < -0.4 is 10.5 Å². The van der Waals surface area contributed by atoms with Gasteiger partial charge in [0.2, 0.25) is 5.88 Å². The molecular formula is C22H23F5N6O2. The van der Waals surface area contributed by atoms with Crippen LogP contribution in [0.25, 0.3) is 5.57 Å². The van der Waals surface area contributed by atoms with Crippen LogP contribution in [0, 0.1) is 5.92 Å². The molecule has 0 radical (unpaired) electrons. The van der Waals surface area contributed by atoms with Gasteiger partial charge in [-0.3, -0.25) is 9.79 Å². The monoisotopic (exact) mass is 498 g/mol. The van der Waals surface area contributed by atoms with Crippen LogP contribution in [0.3, 0.4) is 0 Å². The number of hydrogen-bond donors (Lipinski definition) is 1. The fraction of sp³-hybridized carbons (Fsp3) is 0.409. The molecule has 1 aliphatic rings. The highest BCUT2D eigenvalue weighted by Gasteiger charge is 2.47. The third-order valence-electron chi connectivity index (χ3n) is 5.39. The Hall–Kier alpha value is -3.64. The zero-order chi connectivity index (χ0) is 25.8. The van der Waals surface area contributed by atoms with Crippen LogP contribution >= 0.6 is 0 Å². The lowest BCUT2D eigenvalue weighted by Gasteiger charge is -2.43. The number of carbonyl (C=O) groups is 1. The van der Waals surface area contributed by atoms with Crippen LogP contribution in [-0.2, 0) is 11.0 Å². The molecule has 1 aliphatic heterocycles. The molecule has 0 saturated carbocycles. The van der Waals surface area contributed by atoms with Gasteiger partial charge in [0, 0.05) is 44.3 Å². The van der Waals surface area contributed by atoms with Crippen molar-refractivity contribution in [1.29, 1.82) is 0 Å². The molecule has 0 aromatic carbocycles. The van der Waals surface area contributed by atoms with Crippen molar-refractivity contribution in [3.8, 4) is 5.88 Å². The zero-order valence-electron chi connectivity index (χ0n) is 18.8. The molecule has 2 aromatic heterocycles. The molecule has 35 heavy (non-hydrogen) atoms. The first-order valence-corrected chi connectivity index (χ1v) is 10.5.